The van der Waals surface area contributed by atoms with Crippen LogP contribution in [-0.4, -0.2) is 34.7 Å². The van der Waals surface area contributed by atoms with E-state index < -0.39 is 11.9 Å². The third kappa shape index (κ3) is 5.06. The molecule has 0 saturated carbocycles. The van der Waals surface area contributed by atoms with Crippen LogP contribution in [0.3, 0.4) is 0 Å². The second-order valence-electron chi connectivity index (χ2n) is 6.77. The molecule has 150 valence electrons. The molecular weight excluding hydrogens is 388 g/mol. The van der Waals surface area contributed by atoms with E-state index in [-0.39, 0.29) is 16.7 Å². The summed E-state index contributed by atoms with van der Waals surface area (Å²) >= 11 is 1.46. The van der Waals surface area contributed by atoms with Crippen molar-refractivity contribution in [1.29, 1.82) is 0 Å². The molecule has 2 aromatic carbocycles. The highest BCUT2D eigenvalue weighted by atomic mass is 32.2. The first-order valence-electron chi connectivity index (χ1n) is 9.23. The fraction of sp³-hybridized carbons (Fsp3) is 0.227. The topological polar surface area (TPSA) is 86.7 Å². The number of anilines is 2. The summed E-state index contributed by atoms with van der Waals surface area (Å²) in [6.07, 6.45) is 1.92. The third-order valence-corrected chi connectivity index (χ3v) is 5.72. The predicted molar refractivity (Wildman–Crippen MR) is 114 cm³/mol. The molecule has 7 heteroatoms. The Bertz CT molecular complexity index is 969. The third-order valence-electron chi connectivity index (χ3n) is 4.62. The van der Waals surface area contributed by atoms with Crippen molar-refractivity contribution >= 4 is 40.9 Å². The first-order valence-corrected chi connectivity index (χ1v) is 10.1. The van der Waals surface area contributed by atoms with Crippen LogP contribution in [0.5, 0.6) is 0 Å². The lowest BCUT2D eigenvalue weighted by Crippen LogP contribution is -2.35. The standard InChI is InChI=1S/C22H22N2O4S/c1-14(22(27)28)13-20(25)23-17-7-9-18(10-8-17)29-15(2)21(26)24-12-11-16-5-3-4-6-19(16)24/h3-10,13,15H,11-12H2,1-2H3,(H,23,25)(H,27,28)/b14-13-. The van der Waals surface area contributed by atoms with Gasteiger partial charge in [-0.25, -0.2) is 4.79 Å². The highest BCUT2D eigenvalue weighted by Crippen LogP contribution is 2.32. The van der Waals surface area contributed by atoms with Crippen LogP contribution in [0, 0.1) is 0 Å². The fourth-order valence-corrected chi connectivity index (χ4v) is 4.02. The molecule has 0 aliphatic carbocycles. The van der Waals surface area contributed by atoms with Crippen LogP contribution in [0.1, 0.15) is 19.4 Å². The highest BCUT2D eigenvalue weighted by molar-refractivity contribution is 8.00. The molecule has 1 aliphatic heterocycles. The van der Waals surface area contributed by atoms with Crippen LogP contribution >= 0.6 is 11.8 Å². The van der Waals surface area contributed by atoms with Gasteiger partial charge in [0.15, 0.2) is 0 Å². The van der Waals surface area contributed by atoms with Crippen molar-refractivity contribution < 1.29 is 19.5 Å². The zero-order valence-electron chi connectivity index (χ0n) is 16.2. The Morgan fingerprint density at radius 1 is 1.14 bits per heavy atom. The average molecular weight is 410 g/mol. The molecule has 1 unspecified atom stereocenters. The Morgan fingerprint density at radius 3 is 2.52 bits per heavy atom. The van der Waals surface area contributed by atoms with Crippen LogP contribution in [-0.2, 0) is 20.8 Å². The minimum Gasteiger partial charge on any atom is -0.478 e. The molecule has 1 atom stereocenters. The van der Waals surface area contributed by atoms with Crippen LogP contribution in [0.4, 0.5) is 11.4 Å². The van der Waals surface area contributed by atoms with Gasteiger partial charge in [-0.2, -0.15) is 0 Å². The van der Waals surface area contributed by atoms with Gasteiger partial charge in [-0.3, -0.25) is 9.59 Å². The summed E-state index contributed by atoms with van der Waals surface area (Å²) in [4.78, 5) is 38.2. The maximum atomic E-state index is 12.9. The van der Waals surface area contributed by atoms with Crippen molar-refractivity contribution in [3.05, 3.63) is 65.7 Å². The molecule has 2 amide bonds. The zero-order valence-corrected chi connectivity index (χ0v) is 17.0. The summed E-state index contributed by atoms with van der Waals surface area (Å²) in [7, 11) is 0. The number of nitrogens with one attached hydrogen (secondary N) is 1. The number of benzene rings is 2. The zero-order chi connectivity index (χ0) is 21.0. The number of amides is 2. The Kier molecular flexibility index (Phi) is 6.39. The van der Waals surface area contributed by atoms with Gasteiger partial charge >= 0.3 is 5.97 Å². The normalized spacial score (nSPS) is 14.3. The van der Waals surface area contributed by atoms with E-state index in [0.717, 1.165) is 23.1 Å². The summed E-state index contributed by atoms with van der Waals surface area (Å²) in [6, 6.07) is 15.1. The quantitative estimate of drug-likeness (QED) is 0.560. The van der Waals surface area contributed by atoms with Gasteiger partial charge in [-0.05, 0) is 56.2 Å². The van der Waals surface area contributed by atoms with Gasteiger partial charge in [0.05, 0.1) is 5.25 Å². The number of nitrogens with zero attached hydrogens (tertiary/aromatic N) is 1. The summed E-state index contributed by atoms with van der Waals surface area (Å²) in [5.41, 5.74) is 2.71. The van der Waals surface area contributed by atoms with E-state index in [0.29, 0.717) is 12.2 Å². The molecular formula is C22H22N2O4S. The second-order valence-corrected chi connectivity index (χ2v) is 8.19. The summed E-state index contributed by atoms with van der Waals surface area (Å²) in [5.74, 6) is -1.56. The average Bonchev–Trinajstić information content (AvgIpc) is 3.12. The van der Waals surface area contributed by atoms with E-state index in [9.17, 15) is 14.4 Å². The van der Waals surface area contributed by atoms with Crippen LogP contribution < -0.4 is 10.2 Å². The number of fused-ring (bicyclic) bond motifs is 1. The number of carboxylic acids is 1. The molecule has 0 spiro atoms. The van der Waals surface area contributed by atoms with E-state index in [1.165, 1.54) is 24.2 Å². The molecule has 0 radical (unpaired) electrons. The van der Waals surface area contributed by atoms with Crippen molar-refractivity contribution in [2.75, 3.05) is 16.8 Å². The number of carboxylic acid groups (broad SMARTS) is 1. The fourth-order valence-electron chi connectivity index (χ4n) is 3.09. The Labute approximate surface area is 173 Å². The van der Waals surface area contributed by atoms with Gasteiger partial charge in [0, 0.05) is 34.5 Å². The minimum absolute atomic E-state index is 0.0366. The van der Waals surface area contributed by atoms with Gasteiger partial charge in [0.25, 0.3) is 0 Å². The molecule has 0 fully saturated rings. The lowest BCUT2D eigenvalue weighted by molar-refractivity contribution is -0.132. The van der Waals surface area contributed by atoms with Crippen LogP contribution in [0.15, 0.2) is 65.1 Å². The molecule has 2 N–H and O–H groups in total. The van der Waals surface area contributed by atoms with Crippen LogP contribution in [0.25, 0.3) is 0 Å². The van der Waals surface area contributed by atoms with Crippen molar-refractivity contribution in [2.24, 2.45) is 0 Å². The molecule has 0 saturated heterocycles. The van der Waals surface area contributed by atoms with Gasteiger partial charge < -0.3 is 15.3 Å². The lowest BCUT2D eigenvalue weighted by Gasteiger charge is -2.21. The van der Waals surface area contributed by atoms with Gasteiger partial charge in [0.2, 0.25) is 11.8 Å². The molecule has 2 aromatic rings. The van der Waals surface area contributed by atoms with E-state index in [2.05, 4.69) is 11.4 Å². The molecule has 1 aliphatic rings. The Balaban J connectivity index is 1.60. The molecule has 1 heterocycles. The smallest absolute Gasteiger partial charge is 0.331 e. The Morgan fingerprint density at radius 2 is 1.83 bits per heavy atom. The van der Waals surface area contributed by atoms with Gasteiger partial charge in [-0.1, -0.05) is 18.2 Å². The largest absolute Gasteiger partial charge is 0.478 e. The maximum absolute atomic E-state index is 12.9. The van der Waals surface area contributed by atoms with Crippen molar-refractivity contribution in [1.82, 2.24) is 0 Å². The summed E-state index contributed by atoms with van der Waals surface area (Å²) < 4.78 is 0. The predicted octanol–water partition coefficient (Wildman–Crippen LogP) is 3.73. The number of carbonyl (C=O) groups excluding carboxylic acids is 2. The number of aliphatic carboxylic acids is 1. The van der Waals surface area contributed by atoms with Crippen molar-refractivity contribution in [3.63, 3.8) is 0 Å². The monoisotopic (exact) mass is 410 g/mol. The highest BCUT2D eigenvalue weighted by Gasteiger charge is 2.28. The molecule has 0 aromatic heterocycles. The number of para-hydroxylation sites is 1. The number of rotatable bonds is 6. The van der Waals surface area contributed by atoms with Crippen molar-refractivity contribution in [2.45, 2.75) is 30.4 Å². The number of thioether (sulfide) groups is 1. The van der Waals surface area contributed by atoms with Gasteiger partial charge in [0.1, 0.15) is 0 Å². The maximum Gasteiger partial charge on any atom is 0.331 e. The molecule has 6 nitrogen and oxygen atoms in total. The molecule has 0 bridgehead atoms. The van der Waals surface area contributed by atoms with E-state index in [1.54, 1.807) is 12.1 Å². The van der Waals surface area contributed by atoms with Crippen LogP contribution in [0.2, 0.25) is 0 Å². The number of carbonyl (C=O) groups is 3. The van der Waals surface area contributed by atoms with E-state index in [4.69, 9.17) is 5.11 Å². The first-order chi connectivity index (χ1) is 13.8. The number of hydrogen-bond acceptors (Lipinski definition) is 4. The second kappa shape index (κ2) is 8.96. The summed E-state index contributed by atoms with van der Waals surface area (Å²) in [6.45, 7) is 3.96. The molecule has 3 rings (SSSR count). The van der Waals surface area contributed by atoms with E-state index in [1.807, 2.05) is 42.2 Å². The first kappa shape index (κ1) is 20.7. The van der Waals surface area contributed by atoms with E-state index >= 15 is 0 Å². The van der Waals surface area contributed by atoms with Crippen molar-refractivity contribution in [3.8, 4) is 0 Å². The van der Waals surface area contributed by atoms with Gasteiger partial charge in [-0.15, -0.1) is 11.8 Å². The SMILES string of the molecule is C/C(=C/C(=O)Nc1ccc(SC(C)C(=O)N2CCc3ccccc32)cc1)C(=O)O. The number of hydrogen-bond donors (Lipinski definition) is 2. The Hall–Kier alpha value is -3.06. The summed E-state index contributed by atoms with van der Waals surface area (Å²) in [5, 5.41) is 11.2. The molecule has 29 heavy (non-hydrogen) atoms. The minimum atomic E-state index is -1.13. The lowest BCUT2D eigenvalue weighted by atomic mass is 10.2.